The van der Waals surface area contributed by atoms with Crippen molar-refractivity contribution < 1.29 is 18.6 Å². The molecule has 0 aliphatic heterocycles. The van der Waals surface area contributed by atoms with Crippen LogP contribution in [0.25, 0.3) is 0 Å². The van der Waals surface area contributed by atoms with E-state index in [0.29, 0.717) is 5.56 Å². The number of hydrogen-bond acceptors (Lipinski definition) is 2. The minimum absolute atomic E-state index is 0.157. The SMILES string of the molecule is COC(C(O)Cc1cc(F)cc(F)c1)C(C)(C)C. The van der Waals surface area contributed by atoms with Gasteiger partial charge in [0.2, 0.25) is 0 Å². The molecule has 0 heterocycles. The lowest BCUT2D eigenvalue weighted by atomic mass is 9.84. The average Bonchev–Trinajstić information content (AvgIpc) is 2.13. The van der Waals surface area contributed by atoms with Crippen molar-refractivity contribution in [2.75, 3.05) is 7.11 Å². The fourth-order valence-corrected chi connectivity index (χ4v) is 2.17. The van der Waals surface area contributed by atoms with Crippen molar-refractivity contribution in [2.45, 2.75) is 39.4 Å². The van der Waals surface area contributed by atoms with Crippen LogP contribution in [-0.4, -0.2) is 24.4 Å². The van der Waals surface area contributed by atoms with Gasteiger partial charge in [-0.05, 0) is 23.1 Å². The summed E-state index contributed by atoms with van der Waals surface area (Å²) in [6.45, 7) is 5.82. The van der Waals surface area contributed by atoms with E-state index in [-0.39, 0.29) is 11.8 Å². The summed E-state index contributed by atoms with van der Waals surface area (Å²) in [5, 5.41) is 10.1. The Morgan fingerprint density at radius 2 is 1.67 bits per heavy atom. The molecular formula is C14H20F2O2. The first-order chi connectivity index (χ1) is 8.24. The first-order valence-electron chi connectivity index (χ1n) is 5.90. The topological polar surface area (TPSA) is 29.5 Å². The van der Waals surface area contributed by atoms with E-state index in [0.717, 1.165) is 6.07 Å². The van der Waals surface area contributed by atoms with Crippen molar-refractivity contribution in [1.82, 2.24) is 0 Å². The van der Waals surface area contributed by atoms with Crippen molar-refractivity contribution in [1.29, 1.82) is 0 Å². The van der Waals surface area contributed by atoms with Crippen molar-refractivity contribution in [2.24, 2.45) is 5.41 Å². The smallest absolute Gasteiger partial charge is 0.126 e. The molecular weight excluding hydrogens is 238 g/mol. The van der Waals surface area contributed by atoms with Crippen molar-refractivity contribution >= 4 is 0 Å². The minimum Gasteiger partial charge on any atom is -0.390 e. The Hall–Kier alpha value is -1.00. The lowest BCUT2D eigenvalue weighted by Crippen LogP contribution is -2.40. The summed E-state index contributed by atoms with van der Waals surface area (Å²) < 4.78 is 31.4. The molecule has 18 heavy (non-hydrogen) atoms. The highest BCUT2D eigenvalue weighted by Gasteiger charge is 2.31. The van der Waals surface area contributed by atoms with Crippen LogP contribution in [0.1, 0.15) is 26.3 Å². The normalized spacial score (nSPS) is 15.5. The van der Waals surface area contributed by atoms with Gasteiger partial charge in [-0.25, -0.2) is 8.78 Å². The highest BCUT2D eigenvalue weighted by molar-refractivity contribution is 5.19. The summed E-state index contributed by atoms with van der Waals surface area (Å²) >= 11 is 0. The zero-order chi connectivity index (χ0) is 13.9. The molecule has 0 spiro atoms. The molecule has 0 radical (unpaired) electrons. The van der Waals surface area contributed by atoms with Gasteiger partial charge in [0.1, 0.15) is 11.6 Å². The van der Waals surface area contributed by atoms with Crippen LogP contribution in [0.2, 0.25) is 0 Å². The fraction of sp³-hybridized carbons (Fsp3) is 0.571. The molecule has 0 aliphatic rings. The van der Waals surface area contributed by atoms with Gasteiger partial charge in [0.15, 0.2) is 0 Å². The predicted molar refractivity (Wildman–Crippen MR) is 66.3 cm³/mol. The molecule has 1 aromatic rings. The molecule has 2 nitrogen and oxygen atoms in total. The van der Waals surface area contributed by atoms with Crippen molar-refractivity contribution in [3.8, 4) is 0 Å². The second-order valence-electron chi connectivity index (χ2n) is 5.57. The van der Waals surface area contributed by atoms with Crippen molar-refractivity contribution in [3.05, 3.63) is 35.4 Å². The maximum Gasteiger partial charge on any atom is 0.126 e. The van der Waals surface area contributed by atoms with E-state index in [2.05, 4.69) is 0 Å². The van der Waals surface area contributed by atoms with Crippen LogP contribution in [0, 0.1) is 17.0 Å². The number of ether oxygens (including phenoxy) is 1. The lowest BCUT2D eigenvalue weighted by molar-refractivity contribution is -0.0699. The van der Waals surface area contributed by atoms with E-state index in [1.54, 1.807) is 0 Å². The van der Waals surface area contributed by atoms with E-state index in [1.165, 1.54) is 19.2 Å². The second kappa shape index (κ2) is 5.76. The maximum atomic E-state index is 13.0. The number of methoxy groups -OCH3 is 1. The third-order valence-corrected chi connectivity index (χ3v) is 2.82. The zero-order valence-electron chi connectivity index (χ0n) is 11.2. The largest absolute Gasteiger partial charge is 0.390 e. The number of aliphatic hydroxyl groups excluding tert-OH is 1. The highest BCUT2D eigenvalue weighted by atomic mass is 19.1. The van der Waals surface area contributed by atoms with Gasteiger partial charge < -0.3 is 9.84 Å². The first-order valence-corrected chi connectivity index (χ1v) is 5.90. The van der Waals surface area contributed by atoms with Gasteiger partial charge in [-0.1, -0.05) is 20.8 Å². The Kier molecular flexibility index (Phi) is 4.82. The number of aliphatic hydroxyl groups is 1. The molecule has 0 aliphatic carbocycles. The molecule has 0 aromatic heterocycles. The third-order valence-electron chi connectivity index (χ3n) is 2.82. The van der Waals surface area contributed by atoms with Crippen LogP contribution >= 0.6 is 0 Å². The quantitative estimate of drug-likeness (QED) is 0.899. The summed E-state index contributed by atoms with van der Waals surface area (Å²) in [4.78, 5) is 0. The molecule has 0 amide bonds. The molecule has 1 rings (SSSR count). The molecule has 1 N–H and O–H groups in total. The molecule has 0 saturated carbocycles. The summed E-state index contributed by atoms with van der Waals surface area (Å²) in [5.41, 5.74) is 0.173. The monoisotopic (exact) mass is 258 g/mol. The second-order valence-corrected chi connectivity index (χ2v) is 5.57. The van der Waals surface area contributed by atoms with Crippen LogP contribution in [0.15, 0.2) is 18.2 Å². The lowest BCUT2D eigenvalue weighted by Gasteiger charge is -2.33. The van der Waals surface area contributed by atoms with Crippen LogP contribution in [0.4, 0.5) is 8.78 Å². The van der Waals surface area contributed by atoms with Gasteiger partial charge in [-0.3, -0.25) is 0 Å². The highest BCUT2D eigenvalue weighted by Crippen LogP contribution is 2.26. The Bertz CT molecular complexity index is 379. The van der Waals surface area contributed by atoms with Crippen LogP contribution < -0.4 is 0 Å². The van der Waals surface area contributed by atoms with Gasteiger partial charge >= 0.3 is 0 Å². The Labute approximate surface area is 107 Å². The molecule has 1 aromatic carbocycles. The van der Waals surface area contributed by atoms with Crippen LogP contribution in [0.5, 0.6) is 0 Å². The standard InChI is InChI=1S/C14H20F2O2/c1-14(2,3)13(18-4)12(17)7-9-5-10(15)8-11(16)6-9/h5-6,8,12-13,17H,7H2,1-4H3. The van der Waals surface area contributed by atoms with E-state index < -0.39 is 23.8 Å². The van der Waals surface area contributed by atoms with Gasteiger partial charge in [-0.15, -0.1) is 0 Å². The third kappa shape index (κ3) is 4.03. The molecule has 0 bridgehead atoms. The average molecular weight is 258 g/mol. The first kappa shape index (κ1) is 15.1. The van der Waals surface area contributed by atoms with E-state index in [4.69, 9.17) is 4.74 Å². The van der Waals surface area contributed by atoms with Gasteiger partial charge in [0.25, 0.3) is 0 Å². The summed E-state index contributed by atoms with van der Waals surface area (Å²) in [6, 6.07) is 3.26. The number of benzene rings is 1. The number of halogens is 2. The number of rotatable bonds is 4. The Morgan fingerprint density at radius 3 is 2.06 bits per heavy atom. The van der Waals surface area contributed by atoms with E-state index >= 15 is 0 Å². The van der Waals surface area contributed by atoms with Gasteiger partial charge in [0.05, 0.1) is 12.2 Å². The van der Waals surface area contributed by atoms with E-state index in [9.17, 15) is 13.9 Å². The number of hydrogen-bond donors (Lipinski definition) is 1. The Balaban J connectivity index is 2.83. The molecule has 2 atom stereocenters. The van der Waals surface area contributed by atoms with Crippen molar-refractivity contribution in [3.63, 3.8) is 0 Å². The molecule has 0 saturated heterocycles. The van der Waals surface area contributed by atoms with E-state index in [1.807, 2.05) is 20.8 Å². The van der Waals surface area contributed by atoms with Gasteiger partial charge in [0, 0.05) is 19.6 Å². The van der Waals surface area contributed by atoms with Crippen LogP contribution in [0.3, 0.4) is 0 Å². The maximum absolute atomic E-state index is 13.0. The minimum atomic E-state index is -0.809. The summed E-state index contributed by atoms with van der Waals surface area (Å²) in [5.74, 6) is -1.27. The molecule has 0 fully saturated rings. The molecule has 102 valence electrons. The van der Waals surface area contributed by atoms with Gasteiger partial charge in [-0.2, -0.15) is 0 Å². The summed E-state index contributed by atoms with van der Waals surface area (Å²) in [6.07, 6.45) is -1.05. The molecule has 2 unspecified atom stereocenters. The van der Waals surface area contributed by atoms with Crippen LogP contribution in [-0.2, 0) is 11.2 Å². The summed E-state index contributed by atoms with van der Waals surface area (Å²) in [7, 11) is 1.52. The predicted octanol–water partition coefficient (Wildman–Crippen LogP) is 2.93. The zero-order valence-corrected chi connectivity index (χ0v) is 11.2. The molecule has 4 heteroatoms. The Morgan fingerprint density at radius 1 is 1.17 bits per heavy atom. The fourth-order valence-electron chi connectivity index (χ4n) is 2.17.